The molecule has 0 aliphatic carbocycles. The molecule has 0 bridgehead atoms. The summed E-state index contributed by atoms with van der Waals surface area (Å²) in [4.78, 5) is 12.5. The normalized spacial score (nSPS) is 11.0. The number of halogens is 2. The molecule has 0 atom stereocenters. The summed E-state index contributed by atoms with van der Waals surface area (Å²) in [5.74, 6) is 0.523. The summed E-state index contributed by atoms with van der Waals surface area (Å²) in [6.07, 6.45) is 3.17. The molecule has 0 heterocycles. The summed E-state index contributed by atoms with van der Waals surface area (Å²) in [6.45, 7) is 0.296. The molecule has 0 unspecified atom stereocenters. The Hall–Kier alpha value is -1.63. The van der Waals surface area contributed by atoms with E-state index in [1.165, 1.54) is 12.1 Å². The number of carbonyl (C=O) groups is 1. The number of hydrogen-bond acceptors (Lipinski definition) is 4. The number of hydrogen-bond donors (Lipinski definition) is 1. The number of aromatic hydroxyl groups is 1. The van der Waals surface area contributed by atoms with E-state index >= 15 is 0 Å². The first kappa shape index (κ1) is 18.7. The highest BCUT2D eigenvalue weighted by atomic mass is 79.9. The van der Waals surface area contributed by atoms with Gasteiger partial charge in [-0.3, -0.25) is 4.79 Å². The molecule has 0 aromatic heterocycles. The van der Waals surface area contributed by atoms with Crippen LogP contribution in [0.1, 0.15) is 21.5 Å². The lowest BCUT2D eigenvalue weighted by molar-refractivity contribution is 0.104. The molecule has 0 saturated heterocycles. The third-order valence-corrected chi connectivity index (χ3v) is 4.86. The molecule has 0 aliphatic rings. The van der Waals surface area contributed by atoms with Gasteiger partial charge in [0.2, 0.25) is 0 Å². The van der Waals surface area contributed by atoms with E-state index < -0.39 is 0 Å². The lowest BCUT2D eigenvalue weighted by atomic mass is 10.1. The number of ketones is 1. The van der Waals surface area contributed by atoms with E-state index in [0.717, 1.165) is 15.8 Å². The Kier molecular flexibility index (Phi) is 6.60. The molecule has 4 nitrogen and oxygen atoms in total. The molecule has 6 heteroatoms. The molecule has 0 aliphatic heterocycles. The molecule has 2 aromatic carbocycles. The van der Waals surface area contributed by atoms with Gasteiger partial charge >= 0.3 is 0 Å². The molecule has 0 spiro atoms. The third-order valence-electron chi connectivity index (χ3n) is 3.30. The molecule has 0 radical (unpaired) electrons. The molecule has 126 valence electrons. The van der Waals surface area contributed by atoms with E-state index in [1.807, 2.05) is 18.2 Å². The first-order valence-corrected chi connectivity index (χ1v) is 8.61. The third kappa shape index (κ3) is 4.47. The summed E-state index contributed by atoms with van der Waals surface area (Å²) in [7, 11) is 3.15. The van der Waals surface area contributed by atoms with Gasteiger partial charge in [0.05, 0.1) is 18.2 Å². The second kappa shape index (κ2) is 8.46. The molecule has 24 heavy (non-hydrogen) atoms. The molecule has 0 amide bonds. The Bertz CT molecular complexity index is 785. The maximum absolute atomic E-state index is 12.5. The van der Waals surface area contributed by atoms with Crippen molar-refractivity contribution in [2.75, 3.05) is 14.2 Å². The van der Waals surface area contributed by atoms with Crippen LogP contribution in [-0.4, -0.2) is 25.1 Å². The van der Waals surface area contributed by atoms with Gasteiger partial charge in [0.25, 0.3) is 0 Å². The van der Waals surface area contributed by atoms with Crippen molar-refractivity contribution in [3.63, 3.8) is 0 Å². The molecular formula is C18H16Br2O4. The van der Waals surface area contributed by atoms with Gasteiger partial charge in [-0.25, -0.2) is 0 Å². The number of rotatable bonds is 6. The predicted molar refractivity (Wildman–Crippen MR) is 101 cm³/mol. The average molecular weight is 456 g/mol. The summed E-state index contributed by atoms with van der Waals surface area (Å²) in [5, 5.41) is 9.80. The predicted octanol–water partition coefficient (Wildman–Crippen LogP) is 4.97. The van der Waals surface area contributed by atoms with Crippen LogP contribution < -0.4 is 4.74 Å². The van der Waals surface area contributed by atoms with Crippen LogP contribution in [0.4, 0.5) is 0 Å². The van der Waals surface area contributed by atoms with E-state index in [1.54, 1.807) is 26.4 Å². The Labute approximate surface area is 157 Å². The van der Waals surface area contributed by atoms with E-state index in [9.17, 15) is 9.90 Å². The van der Waals surface area contributed by atoms with Crippen molar-refractivity contribution >= 4 is 43.7 Å². The number of carbonyl (C=O) groups excluding carboxylic acids is 1. The van der Waals surface area contributed by atoms with Gasteiger partial charge < -0.3 is 14.6 Å². The van der Waals surface area contributed by atoms with E-state index in [-0.39, 0.29) is 11.5 Å². The second-order valence-corrected chi connectivity index (χ2v) is 6.64. The zero-order valence-corrected chi connectivity index (χ0v) is 16.3. The number of phenolic OH excluding ortho intramolecular Hbond substituents is 1. The standard InChI is InChI=1S/C18H16Br2O4/c1-23-10-12-8-13(21)9-14(18(12)20)16(22)5-3-11-4-6-17(24-2)15(19)7-11/h3-9,21H,10H2,1-2H3/b5-3+. The van der Waals surface area contributed by atoms with Gasteiger partial charge in [-0.05, 0) is 73.3 Å². The maximum Gasteiger partial charge on any atom is 0.187 e. The fraction of sp³-hybridized carbons (Fsp3) is 0.167. The molecule has 0 saturated carbocycles. The van der Waals surface area contributed by atoms with E-state index in [4.69, 9.17) is 9.47 Å². The monoisotopic (exact) mass is 454 g/mol. The van der Waals surface area contributed by atoms with Crippen molar-refractivity contribution in [1.29, 1.82) is 0 Å². The summed E-state index contributed by atoms with van der Waals surface area (Å²) >= 11 is 6.81. The smallest absolute Gasteiger partial charge is 0.187 e. The summed E-state index contributed by atoms with van der Waals surface area (Å²) in [5.41, 5.74) is 1.94. The van der Waals surface area contributed by atoms with Crippen LogP contribution in [0.15, 0.2) is 45.4 Å². The highest BCUT2D eigenvalue weighted by molar-refractivity contribution is 9.11. The van der Waals surface area contributed by atoms with Gasteiger partial charge in [0, 0.05) is 17.1 Å². The Morgan fingerprint density at radius 2 is 1.96 bits per heavy atom. The van der Waals surface area contributed by atoms with Crippen LogP contribution >= 0.6 is 31.9 Å². The number of allylic oxidation sites excluding steroid dienone is 1. The zero-order valence-electron chi connectivity index (χ0n) is 13.2. The van der Waals surface area contributed by atoms with E-state index in [2.05, 4.69) is 31.9 Å². The Morgan fingerprint density at radius 1 is 1.21 bits per heavy atom. The van der Waals surface area contributed by atoms with Gasteiger partial charge in [0.1, 0.15) is 11.5 Å². The van der Waals surface area contributed by atoms with Crippen molar-refractivity contribution in [2.24, 2.45) is 0 Å². The summed E-state index contributed by atoms with van der Waals surface area (Å²) < 4.78 is 11.7. The highest BCUT2D eigenvalue weighted by Gasteiger charge is 2.13. The first-order valence-electron chi connectivity index (χ1n) is 7.02. The highest BCUT2D eigenvalue weighted by Crippen LogP contribution is 2.29. The maximum atomic E-state index is 12.5. The number of benzene rings is 2. The molecular weight excluding hydrogens is 440 g/mol. The SMILES string of the molecule is COCc1cc(O)cc(C(=O)/C=C/c2ccc(OC)c(Br)c2)c1Br. The minimum Gasteiger partial charge on any atom is -0.508 e. The van der Waals surface area contributed by atoms with Crippen molar-refractivity contribution in [2.45, 2.75) is 6.61 Å². The minimum atomic E-state index is -0.220. The fourth-order valence-corrected chi connectivity index (χ4v) is 3.25. The summed E-state index contributed by atoms with van der Waals surface area (Å²) in [6, 6.07) is 8.52. The van der Waals surface area contributed by atoms with Crippen LogP contribution in [-0.2, 0) is 11.3 Å². The second-order valence-electron chi connectivity index (χ2n) is 4.99. The number of methoxy groups -OCH3 is 2. The van der Waals surface area contributed by atoms with Crippen molar-refractivity contribution in [3.8, 4) is 11.5 Å². The Balaban J connectivity index is 2.28. The first-order chi connectivity index (χ1) is 11.5. The van der Waals surface area contributed by atoms with Gasteiger partial charge in [0.15, 0.2) is 5.78 Å². The van der Waals surface area contributed by atoms with Crippen LogP contribution in [0, 0.1) is 0 Å². The van der Waals surface area contributed by atoms with Gasteiger partial charge in [-0.1, -0.05) is 12.1 Å². The van der Waals surface area contributed by atoms with Crippen molar-refractivity contribution in [3.05, 3.63) is 62.0 Å². The number of ether oxygens (including phenoxy) is 2. The van der Waals surface area contributed by atoms with Crippen LogP contribution in [0.25, 0.3) is 6.08 Å². The van der Waals surface area contributed by atoms with Gasteiger partial charge in [-0.15, -0.1) is 0 Å². The Morgan fingerprint density at radius 3 is 2.58 bits per heavy atom. The number of phenols is 1. The molecule has 1 N–H and O–H groups in total. The van der Waals surface area contributed by atoms with Gasteiger partial charge in [-0.2, -0.15) is 0 Å². The molecule has 2 rings (SSSR count). The van der Waals surface area contributed by atoms with Crippen LogP contribution in [0.2, 0.25) is 0 Å². The van der Waals surface area contributed by atoms with E-state index in [0.29, 0.717) is 22.2 Å². The molecule has 2 aromatic rings. The topological polar surface area (TPSA) is 55.8 Å². The molecule has 0 fully saturated rings. The van der Waals surface area contributed by atoms with Crippen molar-refractivity contribution in [1.82, 2.24) is 0 Å². The largest absolute Gasteiger partial charge is 0.508 e. The zero-order chi connectivity index (χ0) is 17.7. The van der Waals surface area contributed by atoms with Crippen LogP contribution in [0.5, 0.6) is 11.5 Å². The average Bonchev–Trinajstić information content (AvgIpc) is 2.56. The lowest BCUT2D eigenvalue weighted by Gasteiger charge is -2.08. The van der Waals surface area contributed by atoms with Crippen LogP contribution in [0.3, 0.4) is 0 Å². The lowest BCUT2D eigenvalue weighted by Crippen LogP contribution is -2.00. The quantitative estimate of drug-likeness (QED) is 0.493. The van der Waals surface area contributed by atoms with Crippen molar-refractivity contribution < 1.29 is 19.4 Å². The fourth-order valence-electron chi connectivity index (χ4n) is 2.16. The minimum absolute atomic E-state index is 0.0224.